The van der Waals surface area contributed by atoms with Crippen LogP contribution in [0.1, 0.15) is 11.9 Å². The van der Waals surface area contributed by atoms with Crippen molar-refractivity contribution in [2.45, 2.75) is 6.29 Å². The summed E-state index contributed by atoms with van der Waals surface area (Å²) in [6.07, 6.45) is 0.189. The standard InChI is InChI=1S/C6H6INO2/c7-5-4(6(9)10)2-1-3-8-5/h1-3,6,9-10H. The average molecular weight is 251 g/mol. The Bertz CT molecular complexity index is 227. The largest absolute Gasteiger partial charge is 0.364 e. The highest BCUT2D eigenvalue weighted by atomic mass is 127. The maximum absolute atomic E-state index is 8.72. The van der Waals surface area contributed by atoms with Crippen LogP contribution in [0.2, 0.25) is 0 Å². The number of hydrogen-bond acceptors (Lipinski definition) is 3. The molecule has 0 aliphatic carbocycles. The first kappa shape index (κ1) is 7.90. The molecule has 10 heavy (non-hydrogen) atoms. The molecule has 0 aromatic carbocycles. The molecule has 0 fully saturated rings. The van der Waals surface area contributed by atoms with E-state index < -0.39 is 6.29 Å². The lowest BCUT2D eigenvalue weighted by atomic mass is 10.3. The van der Waals surface area contributed by atoms with Crippen molar-refractivity contribution >= 4 is 22.6 Å². The van der Waals surface area contributed by atoms with Gasteiger partial charge in [0.25, 0.3) is 0 Å². The summed E-state index contributed by atoms with van der Waals surface area (Å²) >= 11 is 1.94. The molecule has 0 saturated carbocycles. The first-order valence-corrected chi connectivity index (χ1v) is 3.76. The van der Waals surface area contributed by atoms with Gasteiger partial charge in [0, 0.05) is 11.8 Å². The lowest BCUT2D eigenvalue weighted by Crippen LogP contribution is -1.98. The number of hydrogen-bond donors (Lipinski definition) is 2. The van der Waals surface area contributed by atoms with E-state index in [1.807, 2.05) is 22.6 Å². The van der Waals surface area contributed by atoms with Crippen molar-refractivity contribution in [1.82, 2.24) is 4.98 Å². The third-order valence-electron chi connectivity index (χ3n) is 1.07. The molecule has 0 saturated heterocycles. The van der Waals surface area contributed by atoms with E-state index in [0.717, 1.165) is 0 Å². The van der Waals surface area contributed by atoms with Crippen LogP contribution in [-0.2, 0) is 0 Å². The second-order valence-electron chi connectivity index (χ2n) is 1.76. The van der Waals surface area contributed by atoms with Crippen molar-refractivity contribution in [3.8, 4) is 0 Å². The molecule has 0 atom stereocenters. The van der Waals surface area contributed by atoms with Crippen LogP contribution < -0.4 is 0 Å². The summed E-state index contributed by atoms with van der Waals surface area (Å²) in [4.78, 5) is 3.87. The minimum absolute atomic E-state index is 0.447. The van der Waals surface area contributed by atoms with Gasteiger partial charge < -0.3 is 10.2 Å². The Morgan fingerprint density at radius 1 is 1.50 bits per heavy atom. The van der Waals surface area contributed by atoms with Crippen molar-refractivity contribution in [3.63, 3.8) is 0 Å². The fourth-order valence-corrected chi connectivity index (χ4v) is 1.21. The van der Waals surface area contributed by atoms with Crippen LogP contribution >= 0.6 is 22.6 Å². The number of aliphatic hydroxyl groups excluding tert-OH is 1. The summed E-state index contributed by atoms with van der Waals surface area (Å²) in [7, 11) is 0. The van der Waals surface area contributed by atoms with Crippen molar-refractivity contribution in [3.05, 3.63) is 27.6 Å². The average Bonchev–Trinajstić information content (AvgIpc) is 1.88. The normalized spacial score (nSPS) is 10.4. The molecule has 1 aromatic heterocycles. The van der Waals surface area contributed by atoms with Gasteiger partial charge in [0.15, 0.2) is 6.29 Å². The molecule has 4 heteroatoms. The number of pyridine rings is 1. The van der Waals surface area contributed by atoms with Crippen LogP contribution in [0.3, 0.4) is 0 Å². The van der Waals surface area contributed by atoms with Gasteiger partial charge in [-0.1, -0.05) is 0 Å². The van der Waals surface area contributed by atoms with Crippen LogP contribution in [0.5, 0.6) is 0 Å². The first-order chi connectivity index (χ1) is 4.72. The maximum Gasteiger partial charge on any atom is 0.181 e. The predicted molar refractivity (Wildman–Crippen MR) is 44.1 cm³/mol. The molecular formula is C6H6INO2. The van der Waals surface area contributed by atoms with Gasteiger partial charge in [-0.05, 0) is 34.7 Å². The van der Waals surface area contributed by atoms with Gasteiger partial charge in [0.2, 0.25) is 0 Å². The van der Waals surface area contributed by atoms with Crippen molar-refractivity contribution in [2.24, 2.45) is 0 Å². The van der Waals surface area contributed by atoms with E-state index in [-0.39, 0.29) is 0 Å². The second kappa shape index (κ2) is 3.27. The Kier molecular flexibility index (Phi) is 2.58. The molecular weight excluding hydrogens is 245 g/mol. The Labute approximate surface area is 71.9 Å². The second-order valence-corrected chi connectivity index (χ2v) is 2.78. The van der Waals surface area contributed by atoms with Gasteiger partial charge in [-0.2, -0.15) is 0 Å². The summed E-state index contributed by atoms with van der Waals surface area (Å²) in [5.74, 6) is 0. The molecule has 3 nitrogen and oxygen atoms in total. The molecule has 1 aromatic rings. The van der Waals surface area contributed by atoms with Crippen LogP contribution in [0.4, 0.5) is 0 Å². The molecule has 0 aliphatic rings. The number of aromatic nitrogens is 1. The number of nitrogens with zero attached hydrogens (tertiary/aromatic N) is 1. The fraction of sp³-hybridized carbons (Fsp3) is 0.167. The van der Waals surface area contributed by atoms with Crippen LogP contribution in [0.15, 0.2) is 18.3 Å². The topological polar surface area (TPSA) is 53.4 Å². The van der Waals surface area contributed by atoms with E-state index in [4.69, 9.17) is 10.2 Å². The van der Waals surface area contributed by atoms with Crippen molar-refractivity contribution in [2.75, 3.05) is 0 Å². The zero-order valence-electron chi connectivity index (χ0n) is 5.03. The Balaban J connectivity index is 3.03. The smallest absolute Gasteiger partial charge is 0.181 e. The third kappa shape index (κ3) is 1.65. The molecule has 0 amide bonds. The van der Waals surface area contributed by atoms with Gasteiger partial charge in [-0.25, -0.2) is 4.98 Å². The highest BCUT2D eigenvalue weighted by Crippen LogP contribution is 2.14. The highest BCUT2D eigenvalue weighted by molar-refractivity contribution is 14.1. The van der Waals surface area contributed by atoms with Gasteiger partial charge in [0.05, 0.1) is 0 Å². The minimum Gasteiger partial charge on any atom is -0.364 e. The van der Waals surface area contributed by atoms with Gasteiger partial charge in [-0.3, -0.25) is 0 Å². The zero-order valence-corrected chi connectivity index (χ0v) is 7.19. The lowest BCUT2D eigenvalue weighted by Gasteiger charge is -2.03. The summed E-state index contributed by atoms with van der Waals surface area (Å²) in [6.45, 7) is 0. The SMILES string of the molecule is OC(O)c1cccnc1I. The molecule has 0 aliphatic heterocycles. The molecule has 0 spiro atoms. The number of halogens is 1. The fourth-order valence-electron chi connectivity index (χ4n) is 0.591. The molecule has 0 unspecified atom stereocenters. The van der Waals surface area contributed by atoms with E-state index in [1.165, 1.54) is 0 Å². The first-order valence-electron chi connectivity index (χ1n) is 2.68. The molecule has 0 bridgehead atoms. The molecule has 1 rings (SSSR count). The van der Waals surface area contributed by atoms with Crippen LogP contribution in [-0.4, -0.2) is 15.2 Å². The van der Waals surface area contributed by atoms with Gasteiger partial charge in [0.1, 0.15) is 3.70 Å². The number of rotatable bonds is 1. The quantitative estimate of drug-likeness (QED) is 0.438. The van der Waals surface area contributed by atoms with Crippen LogP contribution in [0.25, 0.3) is 0 Å². The summed E-state index contributed by atoms with van der Waals surface area (Å²) in [5.41, 5.74) is 0.447. The molecule has 1 heterocycles. The van der Waals surface area contributed by atoms with E-state index in [9.17, 15) is 0 Å². The van der Waals surface area contributed by atoms with Gasteiger partial charge >= 0.3 is 0 Å². The van der Waals surface area contributed by atoms with Crippen molar-refractivity contribution in [1.29, 1.82) is 0 Å². The summed E-state index contributed by atoms with van der Waals surface area (Å²) in [5, 5.41) is 17.4. The van der Waals surface area contributed by atoms with E-state index >= 15 is 0 Å². The van der Waals surface area contributed by atoms with E-state index in [0.29, 0.717) is 9.26 Å². The van der Waals surface area contributed by atoms with E-state index in [1.54, 1.807) is 18.3 Å². The van der Waals surface area contributed by atoms with Crippen molar-refractivity contribution < 1.29 is 10.2 Å². The van der Waals surface area contributed by atoms with E-state index in [2.05, 4.69) is 4.98 Å². The van der Waals surface area contributed by atoms with Crippen LogP contribution in [0, 0.1) is 3.70 Å². The molecule has 54 valence electrons. The highest BCUT2D eigenvalue weighted by Gasteiger charge is 2.05. The monoisotopic (exact) mass is 251 g/mol. The molecule has 0 radical (unpaired) electrons. The Morgan fingerprint density at radius 2 is 2.20 bits per heavy atom. The Morgan fingerprint density at radius 3 is 2.60 bits per heavy atom. The third-order valence-corrected chi connectivity index (χ3v) is 1.97. The maximum atomic E-state index is 8.72. The Hall–Kier alpha value is -0.200. The summed E-state index contributed by atoms with van der Waals surface area (Å²) < 4.78 is 0.620. The van der Waals surface area contributed by atoms with Gasteiger partial charge in [-0.15, -0.1) is 0 Å². The summed E-state index contributed by atoms with van der Waals surface area (Å²) in [6, 6.07) is 3.29. The minimum atomic E-state index is -1.42. The predicted octanol–water partition coefficient (Wildman–Crippen LogP) is 0.669. The lowest BCUT2D eigenvalue weighted by molar-refractivity contribution is -0.0434. The zero-order chi connectivity index (χ0) is 7.56. The molecule has 2 N–H and O–H groups in total. The number of aliphatic hydroxyl groups is 2.